The van der Waals surface area contributed by atoms with E-state index in [1.165, 1.54) is 13.2 Å². The second-order valence-electron chi connectivity index (χ2n) is 6.65. The molecule has 2 aliphatic rings. The molecule has 0 saturated carbocycles. The van der Waals surface area contributed by atoms with Crippen molar-refractivity contribution in [3.63, 3.8) is 0 Å². The zero-order valence-electron chi connectivity index (χ0n) is 15.6. The molecule has 0 spiro atoms. The number of Topliss-reactive ketones (excluding diaryl/α,β-unsaturated/α-hetero) is 2. The lowest BCUT2D eigenvalue weighted by Crippen LogP contribution is -1.94. The van der Waals surface area contributed by atoms with Gasteiger partial charge in [0.2, 0.25) is 0 Å². The maximum atomic E-state index is 11.4. The van der Waals surface area contributed by atoms with E-state index in [0.717, 1.165) is 46.9 Å². The molecule has 0 bridgehead atoms. The molecule has 2 aromatic rings. The Balaban J connectivity index is 0.000000167. The van der Waals surface area contributed by atoms with E-state index in [4.69, 9.17) is 0 Å². The van der Waals surface area contributed by atoms with Crippen molar-refractivity contribution in [2.24, 2.45) is 0 Å². The molecule has 2 aromatic carbocycles. The number of hydrogen-bond donors (Lipinski definition) is 0. The van der Waals surface area contributed by atoms with Crippen LogP contribution in [-0.4, -0.2) is 30.9 Å². The second-order valence-corrected chi connectivity index (χ2v) is 6.65. The number of esters is 1. The molecule has 0 heterocycles. The van der Waals surface area contributed by atoms with E-state index in [9.17, 15) is 19.2 Å². The molecule has 142 valence electrons. The third-order valence-corrected chi connectivity index (χ3v) is 4.85. The molecule has 0 aromatic heterocycles. The van der Waals surface area contributed by atoms with Crippen molar-refractivity contribution in [3.8, 4) is 0 Å². The summed E-state index contributed by atoms with van der Waals surface area (Å²) in [4.78, 5) is 43.9. The highest BCUT2D eigenvalue weighted by Gasteiger charge is 2.19. The third kappa shape index (κ3) is 4.31. The Morgan fingerprint density at radius 2 is 1.39 bits per heavy atom. The van der Waals surface area contributed by atoms with Crippen LogP contribution < -0.4 is 0 Å². The van der Waals surface area contributed by atoms with Gasteiger partial charge in [-0.2, -0.15) is 0 Å². The van der Waals surface area contributed by atoms with Crippen LogP contribution in [-0.2, 0) is 22.4 Å². The highest BCUT2D eigenvalue weighted by Crippen LogP contribution is 2.23. The van der Waals surface area contributed by atoms with Crippen LogP contribution in [0.5, 0.6) is 0 Å². The third-order valence-electron chi connectivity index (χ3n) is 4.85. The molecule has 0 fully saturated rings. The Morgan fingerprint density at radius 1 is 0.857 bits per heavy atom. The molecule has 28 heavy (non-hydrogen) atoms. The summed E-state index contributed by atoms with van der Waals surface area (Å²) in [7, 11) is 1.34. The summed E-state index contributed by atoms with van der Waals surface area (Å²) < 4.78 is 4.50. The number of carbonyl (C=O) groups excluding carboxylic acids is 4. The van der Waals surface area contributed by atoms with E-state index in [1.807, 2.05) is 18.2 Å². The molecular formula is C23H20O5. The van der Waals surface area contributed by atoms with Crippen molar-refractivity contribution < 1.29 is 23.9 Å². The van der Waals surface area contributed by atoms with Crippen LogP contribution in [0.2, 0.25) is 0 Å². The normalized spacial score (nSPS) is 14.3. The number of ketones is 2. The first-order valence-electron chi connectivity index (χ1n) is 9.05. The number of methoxy groups -OCH3 is 1. The highest BCUT2D eigenvalue weighted by atomic mass is 16.5. The van der Waals surface area contributed by atoms with Crippen LogP contribution in [0.15, 0.2) is 42.5 Å². The standard InChI is InChI=1S/C13H12O3.C10H8O2/c1-16-13(15)7-3-9-2-5-11-10(8-9)4-6-12(11)14;11-6-7-1-3-9-8(5-7)2-4-10(9)12/h2-3,5,7-8H,4,6H2,1H3;1,3,5-6H,2,4H2/b7-3+;. The number of fused-ring (bicyclic) bond motifs is 2. The molecule has 5 nitrogen and oxygen atoms in total. The number of aldehydes is 1. The highest BCUT2D eigenvalue weighted by molar-refractivity contribution is 6.01. The first-order valence-corrected chi connectivity index (χ1v) is 9.05. The fourth-order valence-corrected chi connectivity index (χ4v) is 3.36. The summed E-state index contributed by atoms with van der Waals surface area (Å²) in [5.41, 5.74) is 5.26. The second kappa shape index (κ2) is 8.57. The molecule has 0 N–H and O–H groups in total. The predicted molar refractivity (Wildman–Crippen MR) is 105 cm³/mol. The van der Waals surface area contributed by atoms with Gasteiger partial charge in [-0.3, -0.25) is 14.4 Å². The SMILES string of the molecule is COC(=O)/C=C/c1ccc2c(c1)CCC2=O.O=Cc1ccc2c(c1)CCC2=O. The molecule has 0 saturated heterocycles. The number of hydrogen-bond acceptors (Lipinski definition) is 5. The van der Waals surface area contributed by atoms with Crippen molar-refractivity contribution >= 4 is 29.9 Å². The largest absolute Gasteiger partial charge is 0.466 e. The smallest absolute Gasteiger partial charge is 0.330 e. The van der Waals surface area contributed by atoms with Crippen LogP contribution >= 0.6 is 0 Å². The van der Waals surface area contributed by atoms with Gasteiger partial charge in [0.1, 0.15) is 6.29 Å². The van der Waals surface area contributed by atoms with Gasteiger partial charge in [0, 0.05) is 35.6 Å². The van der Waals surface area contributed by atoms with Gasteiger partial charge in [0.25, 0.3) is 0 Å². The molecular weight excluding hydrogens is 356 g/mol. The Labute approximate surface area is 163 Å². The fourth-order valence-electron chi connectivity index (χ4n) is 3.36. The topological polar surface area (TPSA) is 77.5 Å². The van der Waals surface area contributed by atoms with Crippen molar-refractivity contribution in [2.45, 2.75) is 25.7 Å². The quantitative estimate of drug-likeness (QED) is 0.464. The summed E-state index contributed by atoms with van der Waals surface area (Å²) in [6.07, 6.45) is 6.65. The van der Waals surface area contributed by atoms with E-state index in [1.54, 1.807) is 24.3 Å². The zero-order valence-corrected chi connectivity index (χ0v) is 15.6. The van der Waals surface area contributed by atoms with E-state index in [2.05, 4.69) is 4.74 Å². The predicted octanol–water partition coefficient (Wildman–Crippen LogP) is 3.63. The molecule has 0 aliphatic heterocycles. The first-order chi connectivity index (χ1) is 13.5. The van der Waals surface area contributed by atoms with Gasteiger partial charge in [-0.05, 0) is 41.7 Å². The Bertz CT molecular complexity index is 984. The van der Waals surface area contributed by atoms with Gasteiger partial charge in [-0.1, -0.05) is 30.3 Å². The first kappa shape index (κ1) is 19.4. The summed E-state index contributed by atoms with van der Waals surface area (Å²) in [6, 6.07) is 10.8. The van der Waals surface area contributed by atoms with Gasteiger partial charge < -0.3 is 4.74 Å². The molecule has 4 rings (SSSR count). The van der Waals surface area contributed by atoms with Crippen LogP contribution in [0.4, 0.5) is 0 Å². The molecule has 0 amide bonds. The zero-order chi connectivity index (χ0) is 20.1. The minimum Gasteiger partial charge on any atom is -0.466 e. The number of rotatable bonds is 3. The van der Waals surface area contributed by atoms with Gasteiger partial charge in [0.15, 0.2) is 11.6 Å². The average molecular weight is 376 g/mol. The van der Waals surface area contributed by atoms with E-state index >= 15 is 0 Å². The van der Waals surface area contributed by atoms with Crippen LogP contribution in [0.1, 0.15) is 60.6 Å². The lowest BCUT2D eigenvalue weighted by atomic mass is 10.1. The summed E-state index contributed by atoms with van der Waals surface area (Å²) >= 11 is 0. The van der Waals surface area contributed by atoms with Gasteiger partial charge >= 0.3 is 5.97 Å². The van der Waals surface area contributed by atoms with Gasteiger partial charge in [-0.15, -0.1) is 0 Å². The molecule has 2 aliphatic carbocycles. The Hall–Kier alpha value is -3.34. The van der Waals surface area contributed by atoms with Crippen LogP contribution in [0.25, 0.3) is 6.08 Å². The monoisotopic (exact) mass is 376 g/mol. The van der Waals surface area contributed by atoms with E-state index in [0.29, 0.717) is 18.4 Å². The van der Waals surface area contributed by atoms with Crippen molar-refractivity contribution in [1.29, 1.82) is 0 Å². The Kier molecular flexibility index (Phi) is 5.94. The van der Waals surface area contributed by atoms with Crippen molar-refractivity contribution in [2.75, 3.05) is 7.11 Å². The van der Waals surface area contributed by atoms with Gasteiger partial charge in [-0.25, -0.2) is 4.79 Å². The van der Waals surface area contributed by atoms with Crippen LogP contribution in [0.3, 0.4) is 0 Å². The summed E-state index contributed by atoms with van der Waals surface area (Å²) in [6.45, 7) is 0. The summed E-state index contributed by atoms with van der Waals surface area (Å²) in [5, 5.41) is 0. The molecule has 5 heteroatoms. The number of ether oxygens (including phenoxy) is 1. The minimum absolute atomic E-state index is 0.197. The lowest BCUT2D eigenvalue weighted by Gasteiger charge is -1.99. The maximum Gasteiger partial charge on any atom is 0.330 e. The lowest BCUT2D eigenvalue weighted by molar-refractivity contribution is -0.134. The number of benzene rings is 2. The fraction of sp³-hybridized carbons (Fsp3) is 0.217. The molecule has 0 radical (unpaired) electrons. The Morgan fingerprint density at radius 3 is 1.93 bits per heavy atom. The van der Waals surface area contributed by atoms with E-state index in [-0.39, 0.29) is 17.5 Å². The number of carbonyl (C=O) groups is 4. The van der Waals surface area contributed by atoms with Gasteiger partial charge in [0.05, 0.1) is 7.11 Å². The molecule has 0 atom stereocenters. The number of aryl methyl sites for hydroxylation is 2. The summed E-state index contributed by atoms with van der Waals surface area (Å²) in [5.74, 6) is 0.0255. The average Bonchev–Trinajstić information content (AvgIpc) is 3.28. The molecule has 0 unspecified atom stereocenters. The van der Waals surface area contributed by atoms with Crippen molar-refractivity contribution in [1.82, 2.24) is 0 Å². The minimum atomic E-state index is -0.378. The van der Waals surface area contributed by atoms with Crippen molar-refractivity contribution in [3.05, 3.63) is 75.9 Å². The van der Waals surface area contributed by atoms with E-state index < -0.39 is 0 Å². The van der Waals surface area contributed by atoms with Crippen LogP contribution in [0, 0.1) is 0 Å². The maximum absolute atomic E-state index is 11.4.